The van der Waals surface area contributed by atoms with Crippen LogP contribution < -0.4 is 0 Å². The Bertz CT molecular complexity index is 558. The van der Waals surface area contributed by atoms with Crippen molar-refractivity contribution in [2.45, 2.75) is 12.8 Å². The van der Waals surface area contributed by atoms with Crippen LogP contribution in [0, 0.1) is 0 Å². The lowest BCUT2D eigenvalue weighted by Gasteiger charge is -2.07. The zero-order valence-electron chi connectivity index (χ0n) is 10.5. The fraction of sp³-hybridized carbons (Fsp3) is 0.188. The first-order chi connectivity index (χ1) is 9.22. The molecule has 0 aliphatic heterocycles. The molecule has 0 unspecified atom stereocenters. The molecule has 0 fully saturated rings. The topological polar surface area (TPSA) is 57.5 Å². The van der Waals surface area contributed by atoms with Gasteiger partial charge in [-0.15, -0.1) is 0 Å². The maximum absolute atomic E-state index is 11.2. The fourth-order valence-corrected chi connectivity index (χ4v) is 2.06. The summed E-state index contributed by atoms with van der Waals surface area (Å²) >= 11 is 0. The van der Waals surface area contributed by atoms with Gasteiger partial charge in [0, 0.05) is 6.61 Å². The van der Waals surface area contributed by atoms with Crippen LogP contribution in [0.3, 0.4) is 0 Å². The third-order valence-electron chi connectivity index (χ3n) is 3.05. The zero-order chi connectivity index (χ0) is 13.7. The number of hydrogen-bond donors (Lipinski definition) is 2. The van der Waals surface area contributed by atoms with Crippen LogP contribution in [0.4, 0.5) is 0 Å². The van der Waals surface area contributed by atoms with Crippen LogP contribution in [-0.4, -0.2) is 22.8 Å². The summed E-state index contributed by atoms with van der Waals surface area (Å²) in [5.74, 6) is -0.917. The number of aryl methyl sites for hydroxylation is 1. The van der Waals surface area contributed by atoms with Gasteiger partial charge in [-0.05, 0) is 35.6 Å². The summed E-state index contributed by atoms with van der Waals surface area (Å²) in [6.45, 7) is 0.184. The Morgan fingerprint density at radius 1 is 1.00 bits per heavy atom. The Balaban J connectivity index is 2.30. The van der Waals surface area contributed by atoms with Crippen molar-refractivity contribution in [3.05, 3.63) is 59.7 Å². The average molecular weight is 256 g/mol. The van der Waals surface area contributed by atoms with Gasteiger partial charge in [0.2, 0.25) is 0 Å². The molecule has 98 valence electrons. The molecule has 3 nitrogen and oxygen atoms in total. The largest absolute Gasteiger partial charge is 0.478 e. The minimum Gasteiger partial charge on any atom is -0.478 e. The van der Waals surface area contributed by atoms with Gasteiger partial charge < -0.3 is 10.2 Å². The van der Waals surface area contributed by atoms with Crippen LogP contribution in [0.5, 0.6) is 0 Å². The van der Waals surface area contributed by atoms with E-state index in [9.17, 15) is 4.79 Å². The summed E-state index contributed by atoms with van der Waals surface area (Å²) in [5.41, 5.74) is 3.07. The maximum Gasteiger partial charge on any atom is 0.336 e. The molecule has 2 aromatic rings. The van der Waals surface area contributed by atoms with E-state index in [1.165, 1.54) is 0 Å². The number of benzene rings is 2. The van der Waals surface area contributed by atoms with E-state index >= 15 is 0 Å². The molecule has 0 aliphatic carbocycles. The molecule has 0 aromatic heterocycles. The van der Waals surface area contributed by atoms with E-state index < -0.39 is 5.97 Å². The molecule has 3 heteroatoms. The van der Waals surface area contributed by atoms with Crippen molar-refractivity contribution in [3.63, 3.8) is 0 Å². The summed E-state index contributed by atoms with van der Waals surface area (Å²) in [7, 11) is 0. The van der Waals surface area contributed by atoms with Crippen LogP contribution in [0.2, 0.25) is 0 Å². The van der Waals surface area contributed by atoms with Gasteiger partial charge in [-0.1, -0.05) is 42.5 Å². The third kappa shape index (κ3) is 3.20. The van der Waals surface area contributed by atoms with E-state index in [-0.39, 0.29) is 6.61 Å². The summed E-state index contributed by atoms with van der Waals surface area (Å²) in [4.78, 5) is 11.2. The summed E-state index contributed by atoms with van der Waals surface area (Å²) < 4.78 is 0. The van der Waals surface area contributed by atoms with E-state index in [0.717, 1.165) is 29.5 Å². The monoisotopic (exact) mass is 256 g/mol. The first kappa shape index (κ1) is 13.3. The molecule has 0 aliphatic rings. The lowest BCUT2D eigenvalue weighted by molar-refractivity contribution is 0.0697. The molecule has 2 aromatic carbocycles. The van der Waals surface area contributed by atoms with Crippen molar-refractivity contribution in [2.24, 2.45) is 0 Å². The normalized spacial score (nSPS) is 10.4. The minimum absolute atomic E-state index is 0.184. The van der Waals surface area contributed by atoms with Crippen molar-refractivity contribution in [1.82, 2.24) is 0 Å². The molecular formula is C16H16O3. The van der Waals surface area contributed by atoms with Crippen molar-refractivity contribution < 1.29 is 15.0 Å². The zero-order valence-corrected chi connectivity index (χ0v) is 10.5. The van der Waals surface area contributed by atoms with Crippen LogP contribution in [0.25, 0.3) is 11.1 Å². The summed E-state index contributed by atoms with van der Waals surface area (Å²) in [6, 6.07) is 14.8. The number of aliphatic hydroxyl groups excluding tert-OH is 1. The van der Waals surface area contributed by atoms with Crippen molar-refractivity contribution in [2.75, 3.05) is 6.61 Å². The van der Waals surface area contributed by atoms with Crippen molar-refractivity contribution >= 4 is 5.97 Å². The second-order valence-electron chi connectivity index (χ2n) is 4.37. The molecule has 0 saturated heterocycles. The number of carbonyl (C=O) groups is 1. The predicted molar refractivity (Wildman–Crippen MR) is 74.2 cm³/mol. The van der Waals surface area contributed by atoms with E-state index in [2.05, 4.69) is 0 Å². The Hall–Kier alpha value is -2.13. The smallest absolute Gasteiger partial charge is 0.336 e. The van der Waals surface area contributed by atoms with Crippen molar-refractivity contribution in [3.8, 4) is 11.1 Å². The molecule has 2 N–H and O–H groups in total. The molecule has 0 amide bonds. The Kier molecular flexibility index (Phi) is 4.31. The molecule has 0 heterocycles. The van der Waals surface area contributed by atoms with Gasteiger partial charge in [0.25, 0.3) is 0 Å². The predicted octanol–water partition coefficient (Wildman–Crippen LogP) is 2.98. The standard InChI is InChI=1S/C16H16O3/c17-11-3-4-12-7-9-13(10-8-12)14-5-1-2-6-15(14)16(18)19/h1-2,5-10,17H,3-4,11H2,(H,18,19). The van der Waals surface area contributed by atoms with E-state index in [0.29, 0.717) is 5.56 Å². The number of hydrogen-bond acceptors (Lipinski definition) is 2. The second kappa shape index (κ2) is 6.16. The molecule has 0 bridgehead atoms. The molecule has 2 rings (SSSR count). The third-order valence-corrected chi connectivity index (χ3v) is 3.05. The molecule has 0 atom stereocenters. The first-order valence-corrected chi connectivity index (χ1v) is 6.25. The van der Waals surface area contributed by atoms with E-state index in [1.54, 1.807) is 12.1 Å². The van der Waals surface area contributed by atoms with Gasteiger partial charge in [0.15, 0.2) is 0 Å². The molecular weight excluding hydrogens is 240 g/mol. The molecule has 19 heavy (non-hydrogen) atoms. The first-order valence-electron chi connectivity index (χ1n) is 6.25. The molecule has 0 spiro atoms. The average Bonchev–Trinajstić information content (AvgIpc) is 2.45. The highest BCUT2D eigenvalue weighted by Gasteiger charge is 2.10. The Morgan fingerprint density at radius 2 is 1.68 bits per heavy atom. The van der Waals surface area contributed by atoms with E-state index in [4.69, 9.17) is 10.2 Å². The van der Waals surface area contributed by atoms with Crippen LogP contribution in [0.1, 0.15) is 22.3 Å². The van der Waals surface area contributed by atoms with Gasteiger partial charge in [-0.2, -0.15) is 0 Å². The lowest BCUT2D eigenvalue weighted by Crippen LogP contribution is -1.99. The molecule has 0 saturated carbocycles. The van der Waals surface area contributed by atoms with Gasteiger partial charge in [-0.3, -0.25) is 0 Å². The Morgan fingerprint density at radius 3 is 2.32 bits per heavy atom. The fourth-order valence-electron chi connectivity index (χ4n) is 2.06. The number of carboxylic acids is 1. The highest BCUT2D eigenvalue weighted by molar-refractivity contribution is 5.95. The van der Waals surface area contributed by atoms with Gasteiger partial charge in [-0.25, -0.2) is 4.79 Å². The highest BCUT2D eigenvalue weighted by Crippen LogP contribution is 2.24. The molecule has 0 radical (unpaired) electrons. The number of aromatic carboxylic acids is 1. The van der Waals surface area contributed by atoms with E-state index in [1.807, 2.05) is 36.4 Å². The second-order valence-corrected chi connectivity index (χ2v) is 4.37. The maximum atomic E-state index is 11.2. The Labute approximate surface area is 112 Å². The summed E-state index contributed by atoms with van der Waals surface area (Å²) in [6.07, 6.45) is 1.57. The lowest BCUT2D eigenvalue weighted by atomic mass is 9.98. The SMILES string of the molecule is O=C(O)c1ccccc1-c1ccc(CCCO)cc1. The van der Waals surface area contributed by atoms with Crippen LogP contribution >= 0.6 is 0 Å². The number of carboxylic acid groups (broad SMARTS) is 1. The number of rotatable bonds is 5. The van der Waals surface area contributed by atoms with Crippen LogP contribution in [-0.2, 0) is 6.42 Å². The summed E-state index contributed by atoms with van der Waals surface area (Å²) in [5, 5.41) is 18.0. The minimum atomic E-state index is -0.917. The van der Waals surface area contributed by atoms with Crippen molar-refractivity contribution in [1.29, 1.82) is 0 Å². The van der Waals surface area contributed by atoms with Gasteiger partial charge in [0.05, 0.1) is 5.56 Å². The van der Waals surface area contributed by atoms with Gasteiger partial charge in [0.1, 0.15) is 0 Å². The van der Waals surface area contributed by atoms with Gasteiger partial charge >= 0.3 is 5.97 Å². The van der Waals surface area contributed by atoms with Crippen LogP contribution in [0.15, 0.2) is 48.5 Å². The highest BCUT2D eigenvalue weighted by atomic mass is 16.4. The quantitative estimate of drug-likeness (QED) is 0.864. The number of aliphatic hydroxyl groups is 1.